The van der Waals surface area contributed by atoms with Crippen molar-refractivity contribution in [1.29, 1.82) is 0 Å². The van der Waals surface area contributed by atoms with E-state index >= 15 is 0 Å². The summed E-state index contributed by atoms with van der Waals surface area (Å²) in [5.74, 6) is 0.0769. The molecular weight excluding hydrogens is 311 g/mol. The molecule has 0 amide bonds. The molecule has 0 spiro atoms. The van der Waals surface area contributed by atoms with Gasteiger partial charge in [0.1, 0.15) is 0 Å². The molecule has 0 radical (unpaired) electrons. The van der Waals surface area contributed by atoms with Crippen LogP contribution in [0.5, 0.6) is 0 Å². The minimum absolute atomic E-state index is 0.0769. The Kier molecular flexibility index (Phi) is 4.52. The van der Waals surface area contributed by atoms with Gasteiger partial charge in [0.15, 0.2) is 0 Å². The molecule has 0 saturated heterocycles. The van der Waals surface area contributed by atoms with Gasteiger partial charge in [-0.2, -0.15) is 0 Å². The van der Waals surface area contributed by atoms with Gasteiger partial charge in [-0.05, 0) is 41.8 Å². The predicted octanol–water partition coefficient (Wildman–Crippen LogP) is 6.48. The van der Waals surface area contributed by atoms with E-state index in [-0.39, 0.29) is 5.92 Å². The minimum Gasteiger partial charge on any atom is -0.0843 e. The van der Waals surface area contributed by atoms with E-state index in [9.17, 15) is 0 Å². The summed E-state index contributed by atoms with van der Waals surface area (Å²) in [6, 6.07) is 24.5. The van der Waals surface area contributed by atoms with Gasteiger partial charge in [-0.3, -0.25) is 0 Å². The predicted molar refractivity (Wildman–Crippen MR) is 95.0 cm³/mol. The molecule has 0 aliphatic carbocycles. The topological polar surface area (TPSA) is 0 Å². The van der Waals surface area contributed by atoms with E-state index < -0.39 is 0 Å². The standard InChI is InChI=1S/C20H16Cl2/c1-14-9-11-15(12-10-14)20(16-5-4-6-17(21)13-16)18-7-2-3-8-19(18)22/h2-13,20H,1H3. The van der Waals surface area contributed by atoms with Crippen LogP contribution in [0.1, 0.15) is 28.2 Å². The van der Waals surface area contributed by atoms with Crippen molar-refractivity contribution in [2.45, 2.75) is 12.8 Å². The average molecular weight is 327 g/mol. The molecule has 3 aromatic rings. The van der Waals surface area contributed by atoms with Crippen LogP contribution in [0.3, 0.4) is 0 Å². The molecule has 3 aromatic carbocycles. The first-order valence-electron chi connectivity index (χ1n) is 7.21. The van der Waals surface area contributed by atoms with Crippen molar-refractivity contribution in [3.05, 3.63) is 105 Å². The molecular formula is C20H16Cl2. The van der Waals surface area contributed by atoms with Crippen LogP contribution in [-0.4, -0.2) is 0 Å². The van der Waals surface area contributed by atoms with Crippen molar-refractivity contribution in [2.75, 3.05) is 0 Å². The van der Waals surface area contributed by atoms with Gasteiger partial charge in [-0.1, -0.05) is 83.4 Å². The Bertz CT molecular complexity index is 776. The number of halogens is 2. The van der Waals surface area contributed by atoms with Crippen molar-refractivity contribution >= 4 is 23.2 Å². The summed E-state index contributed by atoms with van der Waals surface area (Å²) in [5, 5.41) is 1.51. The van der Waals surface area contributed by atoms with Crippen LogP contribution in [0, 0.1) is 6.92 Å². The summed E-state index contributed by atoms with van der Waals surface area (Å²) in [6.07, 6.45) is 0. The molecule has 0 saturated carbocycles. The number of hydrogen-bond donors (Lipinski definition) is 0. The third-order valence-corrected chi connectivity index (χ3v) is 4.39. The van der Waals surface area contributed by atoms with E-state index in [0.29, 0.717) is 0 Å². The molecule has 0 heterocycles. The first kappa shape index (κ1) is 15.1. The second-order valence-corrected chi connectivity index (χ2v) is 6.26. The smallest absolute Gasteiger partial charge is 0.0447 e. The Hall–Kier alpha value is -1.76. The third kappa shape index (κ3) is 3.19. The van der Waals surface area contributed by atoms with E-state index in [1.807, 2.05) is 36.4 Å². The van der Waals surface area contributed by atoms with Gasteiger partial charge >= 0.3 is 0 Å². The number of benzene rings is 3. The van der Waals surface area contributed by atoms with Gasteiger partial charge in [0.2, 0.25) is 0 Å². The highest BCUT2D eigenvalue weighted by Crippen LogP contribution is 2.36. The van der Waals surface area contributed by atoms with Gasteiger partial charge in [0, 0.05) is 16.0 Å². The van der Waals surface area contributed by atoms with Crippen molar-refractivity contribution < 1.29 is 0 Å². The van der Waals surface area contributed by atoms with Crippen molar-refractivity contribution in [3.63, 3.8) is 0 Å². The van der Waals surface area contributed by atoms with E-state index in [1.54, 1.807) is 0 Å². The van der Waals surface area contributed by atoms with E-state index in [0.717, 1.165) is 21.2 Å². The molecule has 0 aliphatic heterocycles. The van der Waals surface area contributed by atoms with Crippen LogP contribution in [0.15, 0.2) is 72.8 Å². The molecule has 2 heteroatoms. The van der Waals surface area contributed by atoms with Gasteiger partial charge in [-0.15, -0.1) is 0 Å². The largest absolute Gasteiger partial charge is 0.0843 e. The highest BCUT2D eigenvalue weighted by Gasteiger charge is 2.19. The summed E-state index contributed by atoms with van der Waals surface area (Å²) < 4.78 is 0. The number of hydrogen-bond acceptors (Lipinski definition) is 0. The number of aryl methyl sites for hydroxylation is 1. The molecule has 0 aliphatic rings. The van der Waals surface area contributed by atoms with Crippen LogP contribution in [0.2, 0.25) is 10.0 Å². The molecule has 0 N–H and O–H groups in total. The lowest BCUT2D eigenvalue weighted by molar-refractivity contribution is 0.976. The Morgan fingerprint density at radius 2 is 1.45 bits per heavy atom. The molecule has 0 fully saturated rings. The van der Waals surface area contributed by atoms with Crippen LogP contribution in [0.4, 0.5) is 0 Å². The molecule has 1 atom stereocenters. The highest BCUT2D eigenvalue weighted by molar-refractivity contribution is 6.31. The van der Waals surface area contributed by atoms with E-state index in [1.165, 1.54) is 11.1 Å². The van der Waals surface area contributed by atoms with Crippen molar-refractivity contribution in [3.8, 4) is 0 Å². The molecule has 0 bridgehead atoms. The zero-order chi connectivity index (χ0) is 15.5. The Morgan fingerprint density at radius 3 is 2.14 bits per heavy atom. The molecule has 0 nitrogen and oxygen atoms in total. The molecule has 3 rings (SSSR count). The summed E-state index contributed by atoms with van der Waals surface area (Å²) >= 11 is 12.7. The summed E-state index contributed by atoms with van der Waals surface area (Å²) in [7, 11) is 0. The Labute approximate surface area is 141 Å². The normalized spacial score (nSPS) is 12.1. The summed E-state index contributed by atoms with van der Waals surface area (Å²) in [5.41, 5.74) is 4.69. The van der Waals surface area contributed by atoms with Gasteiger partial charge in [-0.25, -0.2) is 0 Å². The Balaban J connectivity index is 2.18. The van der Waals surface area contributed by atoms with Crippen LogP contribution in [0.25, 0.3) is 0 Å². The zero-order valence-corrected chi connectivity index (χ0v) is 13.8. The fourth-order valence-corrected chi connectivity index (χ4v) is 3.15. The lowest BCUT2D eigenvalue weighted by Gasteiger charge is -2.20. The summed E-state index contributed by atoms with van der Waals surface area (Å²) in [4.78, 5) is 0. The van der Waals surface area contributed by atoms with E-state index in [4.69, 9.17) is 23.2 Å². The average Bonchev–Trinajstić information content (AvgIpc) is 2.51. The lowest BCUT2D eigenvalue weighted by atomic mass is 9.85. The Morgan fingerprint density at radius 1 is 0.727 bits per heavy atom. The van der Waals surface area contributed by atoms with E-state index in [2.05, 4.69) is 43.3 Å². The van der Waals surface area contributed by atoms with Crippen molar-refractivity contribution in [2.24, 2.45) is 0 Å². The molecule has 110 valence electrons. The SMILES string of the molecule is Cc1ccc(C(c2cccc(Cl)c2)c2ccccc2Cl)cc1. The number of rotatable bonds is 3. The maximum atomic E-state index is 6.46. The maximum absolute atomic E-state index is 6.46. The second-order valence-electron chi connectivity index (χ2n) is 5.42. The first-order chi connectivity index (χ1) is 10.6. The van der Waals surface area contributed by atoms with Gasteiger partial charge in [0.25, 0.3) is 0 Å². The zero-order valence-electron chi connectivity index (χ0n) is 12.3. The molecule has 22 heavy (non-hydrogen) atoms. The second kappa shape index (κ2) is 6.56. The third-order valence-electron chi connectivity index (χ3n) is 3.81. The summed E-state index contributed by atoms with van der Waals surface area (Å²) in [6.45, 7) is 2.09. The van der Waals surface area contributed by atoms with Gasteiger partial charge < -0.3 is 0 Å². The quantitative estimate of drug-likeness (QED) is 0.483. The van der Waals surface area contributed by atoms with Crippen molar-refractivity contribution in [1.82, 2.24) is 0 Å². The molecule has 0 aromatic heterocycles. The van der Waals surface area contributed by atoms with Gasteiger partial charge in [0.05, 0.1) is 0 Å². The maximum Gasteiger partial charge on any atom is 0.0447 e. The lowest BCUT2D eigenvalue weighted by Crippen LogP contribution is -2.04. The fourth-order valence-electron chi connectivity index (χ4n) is 2.71. The fraction of sp³-hybridized carbons (Fsp3) is 0.100. The minimum atomic E-state index is 0.0769. The highest BCUT2D eigenvalue weighted by atomic mass is 35.5. The van der Waals surface area contributed by atoms with Crippen LogP contribution >= 0.6 is 23.2 Å². The monoisotopic (exact) mass is 326 g/mol. The van der Waals surface area contributed by atoms with Crippen LogP contribution in [-0.2, 0) is 0 Å². The molecule has 1 unspecified atom stereocenters. The first-order valence-corrected chi connectivity index (χ1v) is 7.97. The van der Waals surface area contributed by atoms with Crippen LogP contribution < -0.4 is 0 Å².